The van der Waals surface area contributed by atoms with Gasteiger partial charge in [-0.1, -0.05) is 121 Å². The first-order valence-corrected chi connectivity index (χ1v) is 15.6. The van der Waals surface area contributed by atoms with E-state index >= 15 is 0 Å². The highest BCUT2D eigenvalue weighted by molar-refractivity contribution is 7.99. The van der Waals surface area contributed by atoms with E-state index in [4.69, 9.17) is 4.98 Å². The molecule has 3 nitrogen and oxygen atoms in total. The first-order valence-electron chi connectivity index (χ1n) is 14.8. The molecule has 0 atom stereocenters. The number of hydrogen-bond donors (Lipinski definition) is 0. The van der Waals surface area contributed by atoms with Crippen LogP contribution in [0.3, 0.4) is 0 Å². The lowest BCUT2D eigenvalue weighted by Crippen LogP contribution is -2.32. The normalized spacial score (nSPS) is 13.5. The fraction of sp³-hybridized carbons (Fsp3) is 0.0250. The molecule has 0 bridgehead atoms. The zero-order valence-electron chi connectivity index (χ0n) is 23.7. The van der Waals surface area contributed by atoms with Crippen molar-refractivity contribution in [3.63, 3.8) is 0 Å². The van der Waals surface area contributed by atoms with Crippen molar-refractivity contribution in [1.82, 2.24) is 15.2 Å². The van der Waals surface area contributed by atoms with Gasteiger partial charge in [0.2, 0.25) is 0 Å². The van der Waals surface area contributed by atoms with Gasteiger partial charge in [0, 0.05) is 20.9 Å². The third-order valence-electron chi connectivity index (χ3n) is 8.89. The third kappa shape index (κ3) is 3.68. The van der Waals surface area contributed by atoms with E-state index < -0.39 is 5.41 Å². The summed E-state index contributed by atoms with van der Waals surface area (Å²) in [7, 11) is 0. The zero-order valence-corrected chi connectivity index (χ0v) is 24.5. The van der Waals surface area contributed by atoms with Gasteiger partial charge in [-0.3, -0.25) is 0 Å². The van der Waals surface area contributed by atoms with E-state index in [-0.39, 0.29) is 0 Å². The van der Waals surface area contributed by atoms with Gasteiger partial charge < -0.3 is 0 Å². The predicted molar refractivity (Wildman–Crippen MR) is 178 cm³/mol. The Morgan fingerprint density at radius 1 is 0.386 bits per heavy atom. The smallest absolute Gasteiger partial charge is 0.111 e. The van der Waals surface area contributed by atoms with Gasteiger partial charge in [-0.25, -0.2) is 4.98 Å². The molecule has 7 aromatic rings. The van der Waals surface area contributed by atoms with Crippen molar-refractivity contribution in [1.29, 1.82) is 0 Å². The van der Waals surface area contributed by atoms with Gasteiger partial charge in [-0.2, -0.15) is 0 Å². The fourth-order valence-electron chi connectivity index (χ4n) is 6.99. The van der Waals surface area contributed by atoms with Crippen LogP contribution in [0.15, 0.2) is 161 Å². The molecular weight excluding hydrogens is 555 g/mol. The average molecular weight is 580 g/mol. The second-order valence-corrected chi connectivity index (χ2v) is 12.3. The molecule has 44 heavy (non-hydrogen) atoms. The SMILES string of the molecule is c1ccc(-c2ccc(-c3cccc(-c4ccc5c(c4)C4(c6ccccc6S5)c5ccccc5-c5ccccc54)n3)nn2)cc1. The summed E-state index contributed by atoms with van der Waals surface area (Å²) in [5, 5.41) is 9.05. The van der Waals surface area contributed by atoms with Crippen LogP contribution >= 0.6 is 11.8 Å². The quantitative estimate of drug-likeness (QED) is 0.209. The summed E-state index contributed by atoms with van der Waals surface area (Å²) in [6.45, 7) is 0. The van der Waals surface area contributed by atoms with Crippen LogP contribution in [-0.2, 0) is 5.41 Å². The molecule has 0 radical (unpaired) electrons. The summed E-state index contributed by atoms with van der Waals surface area (Å²) in [5.74, 6) is 0. The average Bonchev–Trinajstić information content (AvgIpc) is 3.40. The molecular formula is C40H25N3S. The van der Waals surface area contributed by atoms with Crippen LogP contribution in [0.5, 0.6) is 0 Å². The van der Waals surface area contributed by atoms with Crippen LogP contribution in [0.1, 0.15) is 22.3 Å². The van der Waals surface area contributed by atoms with Gasteiger partial charge in [-0.15, -0.1) is 10.2 Å². The number of aromatic nitrogens is 3. The van der Waals surface area contributed by atoms with Crippen molar-refractivity contribution in [3.8, 4) is 45.0 Å². The summed E-state index contributed by atoms with van der Waals surface area (Å²) < 4.78 is 0. The highest BCUT2D eigenvalue weighted by Gasteiger charge is 2.50. The zero-order chi connectivity index (χ0) is 29.1. The number of benzene rings is 5. The summed E-state index contributed by atoms with van der Waals surface area (Å²) in [5.41, 5.74) is 13.0. The maximum absolute atomic E-state index is 5.10. The van der Waals surface area contributed by atoms with Crippen molar-refractivity contribution >= 4 is 11.8 Å². The minimum atomic E-state index is -0.406. The molecule has 1 aliphatic heterocycles. The lowest BCUT2D eigenvalue weighted by atomic mass is 9.67. The van der Waals surface area contributed by atoms with Crippen molar-refractivity contribution in [2.24, 2.45) is 0 Å². The molecule has 5 aromatic carbocycles. The Morgan fingerprint density at radius 2 is 1.00 bits per heavy atom. The van der Waals surface area contributed by atoms with Gasteiger partial charge in [0.15, 0.2) is 0 Å². The second-order valence-electron chi connectivity index (χ2n) is 11.2. The number of rotatable bonds is 3. The van der Waals surface area contributed by atoms with E-state index in [1.807, 2.05) is 60.3 Å². The van der Waals surface area contributed by atoms with E-state index in [0.29, 0.717) is 0 Å². The molecule has 206 valence electrons. The van der Waals surface area contributed by atoms with Gasteiger partial charge >= 0.3 is 0 Å². The molecule has 0 saturated heterocycles. The lowest BCUT2D eigenvalue weighted by Gasteiger charge is -2.39. The molecule has 0 unspecified atom stereocenters. The third-order valence-corrected chi connectivity index (χ3v) is 10.0. The van der Waals surface area contributed by atoms with E-state index in [2.05, 4.69) is 113 Å². The maximum Gasteiger partial charge on any atom is 0.111 e. The Bertz CT molecular complexity index is 2160. The summed E-state index contributed by atoms with van der Waals surface area (Å²) in [6.07, 6.45) is 0. The van der Waals surface area contributed by atoms with Crippen molar-refractivity contribution in [3.05, 3.63) is 174 Å². The summed E-state index contributed by atoms with van der Waals surface area (Å²) >= 11 is 1.86. The van der Waals surface area contributed by atoms with Crippen LogP contribution in [0, 0.1) is 0 Å². The molecule has 3 heterocycles. The van der Waals surface area contributed by atoms with Crippen LogP contribution in [0.4, 0.5) is 0 Å². The largest absolute Gasteiger partial charge is 0.246 e. The molecule has 0 amide bonds. The molecule has 0 saturated carbocycles. The van der Waals surface area contributed by atoms with Crippen molar-refractivity contribution in [2.75, 3.05) is 0 Å². The number of fused-ring (bicyclic) bond motifs is 9. The first kappa shape index (κ1) is 25.2. The minimum absolute atomic E-state index is 0.406. The van der Waals surface area contributed by atoms with Crippen LogP contribution in [0.25, 0.3) is 45.0 Å². The lowest BCUT2D eigenvalue weighted by molar-refractivity contribution is 0.722. The second kappa shape index (κ2) is 9.87. The van der Waals surface area contributed by atoms with Gasteiger partial charge in [0.25, 0.3) is 0 Å². The molecule has 1 spiro atoms. The van der Waals surface area contributed by atoms with Crippen molar-refractivity contribution in [2.45, 2.75) is 15.2 Å². The monoisotopic (exact) mass is 579 g/mol. The van der Waals surface area contributed by atoms with Gasteiger partial charge in [0.05, 0.1) is 22.5 Å². The topological polar surface area (TPSA) is 38.7 Å². The molecule has 1 aliphatic carbocycles. The Labute approximate surface area is 260 Å². The van der Waals surface area contributed by atoms with Gasteiger partial charge in [0.1, 0.15) is 5.69 Å². The first-order chi connectivity index (χ1) is 21.8. The van der Waals surface area contributed by atoms with E-state index in [0.717, 1.165) is 33.9 Å². The minimum Gasteiger partial charge on any atom is -0.246 e. The number of hydrogen-bond acceptors (Lipinski definition) is 4. The highest BCUT2D eigenvalue weighted by atomic mass is 32.2. The van der Waals surface area contributed by atoms with E-state index in [9.17, 15) is 0 Å². The number of pyridine rings is 1. The molecule has 9 rings (SSSR count). The van der Waals surface area contributed by atoms with Crippen molar-refractivity contribution < 1.29 is 0 Å². The Balaban J connectivity index is 1.20. The van der Waals surface area contributed by atoms with Crippen LogP contribution < -0.4 is 0 Å². The summed E-state index contributed by atoms with van der Waals surface area (Å²) in [4.78, 5) is 7.68. The molecule has 0 fully saturated rings. The Morgan fingerprint density at radius 3 is 1.75 bits per heavy atom. The van der Waals surface area contributed by atoms with E-state index in [1.165, 1.54) is 43.2 Å². The molecule has 2 aromatic heterocycles. The standard InChI is InChI=1S/C40H25N3S/c1-2-11-26(12-3-1)35-22-23-37(43-42-35)36-19-10-18-34(41-36)27-21-24-39-33(25-27)40(32-17-8-9-20-38(32)44-39)30-15-6-4-13-28(30)29-14-5-7-16-31(29)40/h1-25H. The Hall–Kier alpha value is -5.32. The molecule has 0 N–H and O–H groups in total. The predicted octanol–water partition coefficient (Wildman–Crippen LogP) is 9.70. The Kier molecular flexibility index (Phi) is 5.65. The van der Waals surface area contributed by atoms with Crippen LogP contribution in [0.2, 0.25) is 0 Å². The van der Waals surface area contributed by atoms with Crippen LogP contribution in [-0.4, -0.2) is 15.2 Å². The van der Waals surface area contributed by atoms with E-state index in [1.54, 1.807) is 0 Å². The molecule has 4 heteroatoms. The number of nitrogens with zero attached hydrogens (tertiary/aromatic N) is 3. The molecule has 2 aliphatic rings. The highest BCUT2D eigenvalue weighted by Crippen LogP contribution is 2.62. The summed E-state index contributed by atoms with van der Waals surface area (Å²) in [6, 6.07) is 53.9. The maximum atomic E-state index is 5.10. The van der Waals surface area contributed by atoms with Gasteiger partial charge in [-0.05, 0) is 75.8 Å². The fourth-order valence-corrected chi connectivity index (χ4v) is 8.16.